The molecule has 0 saturated carbocycles. The summed E-state index contributed by atoms with van der Waals surface area (Å²) in [4.78, 5) is 0. The van der Waals surface area contributed by atoms with E-state index in [9.17, 15) is 0 Å². The lowest BCUT2D eigenvalue weighted by Gasteiger charge is -2.06. The van der Waals surface area contributed by atoms with Gasteiger partial charge in [0.05, 0.1) is 22.1 Å². The molecule has 8 heterocycles. The normalized spacial score (nSPS) is 11.2. The van der Waals surface area contributed by atoms with Crippen LogP contribution in [0.1, 0.15) is 101 Å². The number of fused-ring (bicyclic) bond motifs is 4. The van der Waals surface area contributed by atoms with Gasteiger partial charge < -0.3 is 0 Å². The van der Waals surface area contributed by atoms with Gasteiger partial charge in [-0.1, -0.05) is 73.6 Å². The second-order valence-corrected chi connectivity index (χ2v) is 13.2. The summed E-state index contributed by atoms with van der Waals surface area (Å²) in [6.45, 7) is 17.5. The maximum Gasteiger partial charge on any atom is 0.0696 e. The highest BCUT2D eigenvalue weighted by atomic mass is 15.2. The standard InChI is InChI=1S/4C10H12N2/c1-8(2)9-4-6-12-10(7-9)3-5-11-12;1-8(2)9-3-4-10-5-6-11-12(10)7-9;1-8(2)9-4-3-7-12-10(9)5-6-11-12;1-8(2)10-5-3-4-9-6-7-11-12(9)10/h4*3-8H,1-2H3. The first-order chi connectivity index (χ1) is 23.1. The Balaban J connectivity index is 0.000000125. The summed E-state index contributed by atoms with van der Waals surface area (Å²) in [7, 11) is 0. The summed E-state index contributed by atoms with van der Waals surface area (Å²) in [5, 5.41) is 16.7. The second kappa shape index (κ2) is 15.6. The maximum atomic E-state index is 4.26. The SMILES string of the molecule is CC(C)c1ccc2ccnn2c1.CC(C)c1cccc2ccnn12.CC(C)c1cccn2nccc12.CC(C)c1ccn2nccc2c1. The molecular formula is C40H48N8. The molecule has 0 aliphatic carbocycles. The molecule has 0 aliphatic heterocycles. The Kier molecular flexibility index (Phi) is 11.1. The van der Waals surface area contributed by atoms with Crippen molar-refractivity contribution in [2.24, 2.45) is 0 Å². The fraction of sp³-hybridized carbons (Fsp3) is 0.300. The first-order valence-electron chi connectivity index (χ1n) is 16.8. The van der Waals surface area contributed by atoms with Gasteiger partial charge in [0, 0.05) is 49.1 Å². The van der Waals surface area contributed by atoms with Gasteiger partial charge in [-0.25, -0.2) is 18.1 Å². The zero-order chi connectivity index (χ0) is 34.2. The van der Waals surface area contributed by atoms with Crippen molar-refractivity contribution in [3.8, 4) is 0 Å². The molecule has 48 heavy (non-hydrogen) atoms. The summed E-state index contributed by atoms with van der Waals surface area (Å²) in [5.74, 6) is 2.24. The molecule has 0 spiro atoms. The third kappa shape index (κ3) is 8.18. The molecule has 0 radical (unpaired) electrons. The van der Waals surface area contributed by atoms with Crippen molar-refractivity contribution in [3.63, 3.8) is 0 Å². The zero-order valence-electron chi connectivity index (χ0n) is 29.4. The molecule has 8 aromatic rings. The molecule has 8 nitrogen and oxygen atoms in total. The Morgan fingerprint density at radius 1 is 0.458 bits per heavy atom. The van der Waals surface area contributed by atoms with Gasteiger partial charge in [0.15, 0.2) is 0 Å². The third-order valence-corrected chi connectivity index (χ3v) is 8.31. The van der Waals surface area contributed by atoms with Crippen LogP contribution in [-0.2, 0) is 0 Å². The smallest absolute Gasteiger partial charge is 0.0696 e. The van der Waals surface area contributed by atoms with Gasteiger partial charge in [0.1, 0.15) is 0 Å². The molecule has 0 bridgehead atoms. The Bertz CT molecular complexity index is 2020. The van der Waals surface area contributed by atoms with Gasteiger partial charge >= 0.3 is 0 Å². The predicted octanol–water partition coefficient (Wildman–Crippen LogP) is 9.83. The largest absolute Gasteiger partial charge is 0.241 e. The van der Waals surface area contributed by atoms with Gasteiger partial charge in [0.2, 0.25) is 0 Å². The van der Waals surface area contributed by atoms with E-state index in [1.807, 2.05) is 79.5 Å². The van der Waals surface area contributed by atoms with Crippen LogP contribution in [0.3, 0.4) is 0 Å². The average molecular weight is 641 g/mol. The number of rotatable bonds is 4. The van der Waals surface area contributed by atoms with Gasteiger partial charge in [0.25, 0.3) is 0 Å². The van der Waals surface area contributed by atoms with E-state index >= 15 is 0 Å². The molecule has 8 heteroatoms. The number of pyridine rings is 4. The molecular weight excluding hydrogens is 592 g/mol. The Labute approximate surface area is 283 Å². The van der Waals surface area contributed by atoms with Crippen LogP contribution < -0.4 is 0 Å². The van der Waals surface area contributed by atoms with Crippen molar-refractivity contribution in [1.82, 2.24) is 38.5 Å². The molecule has 8 rings (SSSR count). The van der Waals surface area contributed by atoms with Crippen molar-refractivity contribution in [2.75, 3.05) is 0 Å². The van der Waals surface area contributed by atoms with E-state index in [1.165, 1.54) is 38.9 Å². The van der Waals surface area contributed by atoms with Crippen molar-refractivity contribution in [3.05, 3.63) is 145 Å². The quantitative estimate of drug-likeness (QED) is 0.192. The Hall–Kier alpha value is -5.24. The fourth-order valence-corrected chi connectivity index (χ4v) is 5.44. The highest BCUT2D eigenvalue weighted by Crippen LogP contribution is 2.20. The highest BCUT2D eigenvalue weighted by molar-refractivity contribution is 5.54. The van der Waals surface area contributed by atoms with E-state index in [0.29, 0.717) is 23.7 Å². The number of aromatic nitrogens is 8. The minimum Gasteiger partial charge on any atom is -0.241 e. The minimum absolute atomic E-state index is 0.522. The van der Waals surface area contributed by atoms with Crippen LogP contribution >= 0.6 is 0 Å². The van der Waals surface area contributed by atoms with Gasteiger partial charge in [-0.2, -0.15) is 20.4 Å². The highest BCUT2D eigenvalue weighted by Gasteiger charge is 2.05. The van der Waals surface area contributed by atoms with E-state index in [1.54, 1.807) is 0 Å². The van der Waals surface area contributed by atoms with E-state index in [4.69, 9.17) is 0 Å². The molecule has 0 atom stereocenters. The van der Waals surface area contributed by atoms with E-state index < -0.39 is 0 Å². The fourth-order valence-electron chi connectivity index (χ4n) is 5.44. The summed E-state index contributed by atoms with van der Waals surface area (Å²) in [5.41, 5.74) is 10.0. The second-order valence-electron chi connectivity index (χ2n) is 13.2. The van der Waals surface area contributed by atoms with Crippen LogP contribution in [0, 0.1) is 0 Å². The summed E-state index contributed by atoms with van der Waals surface area (Å²) in [6, 6.07) is 27.1. The molecule has 0 unspecified atom stereocenters. The summed E-state index contributed by atoms with van der Waals surface area (Å²) in [6.07, 6.45) is 13.4. The van der Waals surface area contributed by atoms with Crippen molar-refractivity contribution in [2.45, 2.75) is 79.1 Å². The van der Waals surface area contributed by atoms with Crippen LogP contribution in [0.4, 0.5) is 0 Å². The van der Waals surface area contributed by atoms with Gasteiger partial charge in [-0.05, 0) is 101 Å². The lowest BCUT2D eigenvalue weighted by atomic mass is 10.0. The predicted molar refractivity (Wildman–Crippen MR) is 197 cm³/mol. The molecule has 0 fully saturated rings. The van der Waals surface area contributed by atoms with Crippen LogP contribution in [0.25, 0.3) is 22.1 Å². The Morgan fingerprint density at radius 3 is 1.85 bits per heavy atom. The number of hydrogen-bond donors (Lipinski definition) is 0. The van der Waals surface area contributed by atoms with Crippen molar-refractivity contribution < 1.29 is 0 Å². The first-order valence-corrected chi connectivity index (χ1v) is 16.8. The zero-order valence-corrected chi connectivity index (χ0v) is 29.4. The topological polar surface area (TPSA) is 69.2 Å². The minimum atomic E-state index is 0.522. The lowest BCUT2D eigenvalue weighted by Crippen LogP contribution is -1.99. The molecule has 248 valence electrons. The summed E-state index contributed by atoms with van der Waals surface area (Å²) < 4.78 is 7.70. The molecule has 0 amide bonds. The van der Waals surface area contributed by atoms with Crippen molar-refractivity contribution in [1.29, 1.82) is 0 Å². The molecule has 8 aromatic heterocycles. The van der Waals surface area contributed by atoms with Gasteiger partial charge in [-0.3, -0.25) is 0 Å². The van der Waals surface area contributed by atoms with Crippen LogP contribution in [-0.4, -0.2) is 38.5 Å². The molecule has 0 N–H and O–H groups in total. The van der Waals surface area contributed by atoms with Crippen LogP contribution in [0.15, 0.2) is 122 Å². The Morgan fingerprint density at radius 2 is 1.12 bits per heavy atom. The first kappa shape index (κ1) is 34.1. The molecule has 0 aliphatic rings. The molecule has 0 aromatic carbocycles. The maximum absolute atomic E-state index is 4.26. The monoisotopic (exact) mass is 640 g/mol. The van der Waals surface area contributed by atoms with E-state index in [-0.39, 0.29) is 0 Å². The molecule has 0 saturated heterocycles. The number of nitrogens with zero attached hydrogens (tertiary/aromatic N) is 8. The van der Waals surface area contributed by atoms with Gasteiger partial charge in [-0.15, -0.1) is 0 Å². The summed E-state index contributed by atoms with van der Waals surface area (Å²) >= 11 is 0. The lowest BCUT2D eigenvalue weighted by molar-refractivity contribution is 0.757. The van der Waals surface area contributed by atoms with Crippen LogP contribution in [0.2, 0.25) is 0 Å². The van der Waals surface area contributed by atoms with E-state index in [2.05, 4.69) is 137 Å². The average Bonchev–Trinajstić information content (AvgIpc) is 3.90. The third-order valence-electron chi connectivity index (χ3n) is 8.31. The van der Waals surface area contributed by atoms with Crippen LogP contribution in [0.5, 0.6) is 0 Å². The number of hydrogen-bond acceptors (Lipinski definition) is 4. The van der Waals surface area contributed by atoms with Crippen molar-refractivity contribution >= 4 is 22.1 Å². The van der Waals surface area contributed by atoms with E-state index in [0.717, 1.165) is 5.52 Å².